The van der Waals surface area contributed by atoms with E-state index in [2.05, 4.69) is 5.32 Å². The quantitative estimate of drug-likeness (QED) is 0.613. The van der Waals surface area contributed by atoms with Crippen LogP contribution in [-0.2, 0) is 4.74 Å². The Kier molecular flexibility index (Phi) is 5.95. The smallest absolute Gasteiger partial charge is 0.407 e. The van der Waals surface area contributed by atoms with Crippen LogP contribution in [0.4, 0.5) is 4.79 Å². The van der Waals surface area contributed by atoms with Crippen molar-refractivity contribution < 1.29 is 29.6 Å². The van der Waals surface area contributed by atoms with Gasteiger partial charge in [-0.15, -0.1) is 0 Å². The van der Waals surface area contributed by atoms with E-state index in [1.165, 1.54) is 0 Å². The first-order valence-corrected chi connectivity index (χ1v) is 8.25. The first-order chi connectivity index (χ1) is 11.8. The average Bonchev–Trinajstić information content (AvgIpc) is 2.57. The number of phenolic OH excluding ortho intramolecular Hbond substituents is 3. The molecular weight excluding hydrogens is 328 g/mol. The van der Waals surface area contributed by atoms with Gasteiger partial charge in [0.2, 0.25) is 0 Å². The van der Waals surface area contributed by atoms with Crippen LogP contribution >= 0.6 is 0 Å². The molecule has 1 aliphatic rings. The van der Waals surface area contributed by atoms with Crippen LogP contribution in [0, 0.1) is 5.92 Å². The van der Waals surface area contributed by atoms with Gasteiger partial charge >= 0.3 is 6.09 Å². The lowest BCUT2D eigenvalue weighted by molar-refractivity contribution is 0.0699. The van der Waals surface area contributed by atoms with Gasteiger partial charge in [-0.2, -0.15) is 0 Å². The molecule has 0 saturated carbocycles. The summed E-state index contributed by atoms with van der Waals surface area (Å²) in [7, 11) is 0. The molecule has 138 valence electrons. The molecule has 1 aromatic carbocycles. The number of ether oxygens (including phenoxy) is 1. The summed E-state index contributed by atoms with van der Waals surface area (Å²) < 4.78 is 5.08. The summed E-state index contributed by atoms with van der Waals surface area (Å²) >= 11 is 0. The van der Waals surface area contributed by atoms with Crippen molar-refractivity contribution in [3.05, 3.63) is 17.7 Å². The third kappa shape index (κ3) is 4.91. The normalized spacial score (nSPS) is 15.2. The SMILES string of the molecule is CC(C)COC(=O)NC1CCN(C(=O)c2cc(O)c(O)c(O)c2)CC1. The number of amides is 2. The Balaban J connectivity index is 1.87. The zero-order valence-corrected chi connectivity index (χ0v) is 14.4. The number of likely N-dealkylation sites (tertiary alicyclic amines) is 1. The van der Waals surface area contributed by atoms with Crippen LogP contribution < -0.4 is 5.32 Å². The van der Waals surface area contributed by atoms with E-state index in [-0.39, 0.29) is 23.4 Å². The molecule has 0 atom stereocenters. The standard InChI is InChI=1S/C17H24N2O6/c1-10(2)9-25-17(24)18-12-3-5-19(6-4-12)16(23)11-7-13(20)15(22)14(21)8-11/h7-8,10,12,20-22H,3-6,9H2,1-2H3,(H,18,24). The maximum absolute atomic E-state index is 12.4. The number of hydrogen-bond acceptors (Lipinski definition) is 6. The maximum atomic E-state index is 12.4. The first kappa shape index (κ1) is 18.7. The Hall–Kier alpha value is -2.64. The van der Waals surface area contributed by atoms with E-state index in [9.17, 15) is 24.9 Å². The average molecular weight is 352 g/mol. The molecule has 1 fully saturated rings. The molecule has 0 unspecified atom stereocenters. The molecule has 2 amide bonds. The van der Waals surface area contributed by atoms with Crippen molar-refractivity contribution in [2.24, 2.45) is 5.92 Å². The predicted molar refractivity (Wildman–Crippen MR) is 89.7 cm³/mol. The van der Waals surface area contributed by atoms with Gasteiger partial charge in [0.15, 0.2) is 17.2 Å². The van der Waals surface area contributed by atoms with Crippen molar-refractivity contribution in [3.63, 3.8) is 0 Å². The fourth-order valence-corrected chi connectivity index (χ4v) is 2.59. The highest BCUT2D eigenvalue weighted by Crippen LogP contribution is 2.35. The number of nitrogens with one attached hydrogen (secondary N) is 1. The van der Waals surface area contributed by atoms with Gasteiger partial charge in [-0.05, 0) is 30.9 Å². The number of phenols is 3. The summed E-state index contributed by atoms with van der Waals surface area (Å²) in [5.74, 6) is -1.84. The van der Waals surface area contributed by atoms with Crippen LogP contribution in [0.3, 0.4) is 0 Å². The van der Waals surface area contributed by atoms with Crippen molar-refractivity contribution in [1.29, 1.82) is 0 Å². The Labute approximate surface area is 146 Å². The fraction of sp³-hybridized carbons (Fsp3) is 0.529. The van der Waals surface area contributed by atoms with Crippen molar-refractivity contribution in [2.75, 3.05) is 19.7 Å². The minimum absolute atomic E-state index is 0.0645. The molecule has 1 aliphatic heterocycles. The molecule has 25 heavy (non-hydrogen) atoms. The van der Waals surface area contributed by atoms with Gasteiger partial charge in [0.1, 0.15) is 0 Å². The van der Waals surface area contributed by atoms with E-state index in [4.69, 9.17) is 4.74 Å². The highest BCUT2D eigenvalue weighted by Gasteiger charge is 2.26. The lowest BCUT2D eigenvalue weighted by atomic mass is 10.0. The minimum Gasteiger partial charge on any atom is -0.504 e. The number of aromatic hydroxyl groups is 3. The molecule has 2 rings (SSSR count). The lowest BCUT2D eigenvalue weighted by Crippen LogP contribution is -2.46. The fourth-order valence-electron chi connectivity index (χ4n) is 2.59. The number of carbonyl (C=O) groups excluding carboxylic acids is 2. The highest BCUT2D eigenvalue weighted by molar-refractivity contribution is 5.95. The topological polar surface area (TPSA) is 119 Å². The molecule has 8 nitrogen and oxygen atoms in total. The second-order valence-electron chi connectivity index (χ2n) is 6.57. The van der Waals surface area contributed by atoms with E-state index < -0.39 is 23.3 Å². The van der Waals surface area contributed by atoms with Gasteiger partial charge in [-0.25, -0.2) is 4.79 Å². The van der Waals surface area contributed by atoms with Crippen LogP contribution in [-0.4, -0.2) is 58.0 Å². The highest BCUT2D eigenvalue weighted by atomic mass is 16.5. The van der Waals surface area contributed by atoms with E-state index in [0.29, 0.717) is 32.5 Å². The molecule has 0 aromatic heterocycles. The van der Waals surface area contributed by atoms with E-state index in [0.717, 1.165) is 12.1 Å². The molecule has 1 aromatic rings. The number of benzene rings is 1. The summed E-state index contributed by atoms with van der Waals surface area (Å²) in [4.78, 5) is 25.7. The predicted octanol–water partition coefficient (Wildman–Crippen LogP) is 1.79. The van der Waals surface area contributed by atoms with Gasteiger partial charge in [0.25, 0.3) is 5.91 Å². The molecule has 4 N–H and O–H groups in total. The first-order valence-electron chi connectivity index (χ1n) is 8.25. The number of rotatable bonds is 4. The monoisotopic (exact) mass is 352 g/mol. The molecule has 1 saturated heterocycles. The van der Waals surface area contributed by atoms with Gasteiger partial charge in [-0.1, -0.05) is 13.8 Å². The molecule has 1 heterocycles. The summed E-state index contributed by atoms with van der Waals surface area (Å²) in [5.41, 5.74) is 0.0931. The van der Waals surface area contributed by atoms with Crippen molar-refractivity contribution in [1.82, 2.24) is 10.2 Å². The molecule has 0 bridgehead atoms. The van der Waals surface area contributed by atoms with Crippen LogP contribution in [0.25, 0.3) is 0 Å². The minimum atomic E-state index is -0.653. The van der Waals surface area contributed by atoms with Crippen LogP contribution in [0.1, 0.15) is 37.0 Å². The van der Waals surface area contributed by atoms with Crippen molar-refractivity contribution in [3.8, 4) is 17.2 Å². The molecule has 0 aliphatic carbocycles. The number of piperidine rings is 1. The second kappa shape index (κ2) is 7.96. The number of nitrogens with zero attached hydrogens (tertiary/aromatic N) is 1. The largest absolute Gasteiger partial charge is 0.504 e. The van der Waals surface area contributed by atoms with Gasteiger partial charge < -0.3 is 30.3 Å². The Morgan fingerprint density at radius 3 is 2.28 bits per heavy atom. The maximum Gasteiger partial charge on any atom is 0.407 e. The lowest BCUT2D eigenvalue weighted by Gasteiger charge is -2.32. The Bertz CT molecular complexity index is 615. The molecule has 0 spiro atoms. The van der Waals surface area contributed by atoms with Crippen molar-refractivity contribution in [2.45, 2.75) is 32.7 Å². The number of alkyl carbamates (subject to hydrolysis) is 1. The Morgan fingerprint density at radius 1 is 1.20 bits per heavy atom. The summed E-state index contributed by atoms with van der Waals surface area (Å²) in [6.45, 7) is 5.12. The van der Waals surface area contributed by atoms with Crippen LogP contribution in [0.5, 0.6) is 17.2 Å². The van der Waals surface area contributed by atoms with Crippen LogP contribution in [0.15, 0.2) is 12.1 Å². The van der Waals surface area contributed by atoms with E-state index in [1.54, 1.807) is 4.90 Å². The van der Waals surface area contributed by atoms with Gasteiger partial charge in [-0.3, -0.25) is 4.79 Å². The van der Waals surface area contributed by atoms with Crippen molar-refractivity contribution >= 4 is 12.0 Å². The van der Waals surface area contributed by atoms with Crippen LogP contribution in [0.2, 0.25) is 0 Å². The summed E-state index contributed by atoms with van der Waals surface area (Å²) in [5, 5.41) is 31.2. The summed E-state index contributed by atoms with van der Waals surface area (Å²) in [6.07, 6.45) is 0.712. The van der Waals surface area contributed by atoms with Gasteiger partial charge in [0, 0.05) is 24.7 Å². The second-order valence-corrected chi connectivity index (χ2v) is 6.57. The molecular formula is C17H24N2O6. The third-order valence-electron chi connectivity index (χ3n) is 3.97. The van der Waals surface area contributed by atoms with Gasteiger partial charge in [0.05, 0.1) is 6.61 Å². The number of hydrogen-bond donors (Lipinski definition) is 4. The molecule has 8 heteroatoms. The number of carbonyl (C=O) groups is 2. The Morgan fingerprint density at radius 2 is 1.76 bits per heavy atom. The zero-order chi connectivity index (χ0) is 18.6. The van der Waals surface area contributed by atoms with E-state index >= 15 is 0 Å². The third-order valence-corrected chi connectivity index (χ3v) is 3.97. The zero-order valence-electron chi connectivity index (χ0n) is 14.4. The molecule has 0 radical (unpaired) electrons. The summed E-state index contributed by atoms with van der Waals surface area (Å²) in [6, 6.07) is 2.17. The van der Waals surface area contributed by atoms with E-state index in [1.807, 2.05) is 13.8 Å².